The van der Waals surface area contributed by atoms with Gasteiger partial charge in [0.15, 0.2) is 11.5 Å². The molecule has 1 aromatic heterocycles. The highest BCUT2D eigenvalue weighted by molar-refractivity contribution is 5.94. The van der Waals surface area contributed by atoms with Gasteiger partial charge in [-0.05, 0) is 61.1 Å². The summed E-state index contributed by atoms with van der Waals surface area (Å²) < 4.78 is 10.9. The Hall–Kier alpha value is -3.14. The fraction of sp³-hybridized carbons (Fsp3) is 0.308. The van der Waals surface area contributed by atoms with Gasteiger partial charge in [-0.1, -0.05) is 43.3 Å². The summed E-state index contributed by atoms with van der Waals surface area (Å²) in [5.74, 6) is 1.72. The lowest BCUT2D eigenvalue weighted by Crippen LogP contribution is -2.23. The van der Waals surface area contributed by atoms with Gasteiger partial charge < -0.3 is 9.47 Å². The Morgan fingerprint density at radius 2 is 1.80 bits per heavy atom. The molecule has 0 amide bonds. The molecule has 0 unspecified atom stereocenters. The molecule has 0 radical (unpaired) electrons. The maximum Gasteiger partial charge on any atom is 0.231 e. The Labute approximate surface area is 178 Å². The first-order valence-corrected chi connectivity index (χ1v) is 10.6. The van der Waals surface area contributed by atoms with E-state index >= 15 is 0 Å². The molecule has 4 heteroatoms. The van der Waals surface area contributed by atoms with E-state index in [4.69, 9.17) is 14.5 Å². The molecule has 2 aliphatic rings. The lowest BCUT2D eigenvalue weighted by Gasteiger charge is -2.15. The lowest BCUT2D eigenvalue weighted by atomic mass is 9.88. The zero-order valence-corrected chi connectivity index (χ0v) is 17.4. The van der Waals surface area contributed by atoms with E-state index in [1.54, 1.807) is 0 Å². The summed E-state index contributed by atoms with van der Waals surface area (Å²) >= 11 is 0. The number of fused-ring (bicyclic) bond motifs is 1. The molecule has 1 aliphatic carbocycles. The minimum absolute atomic E-state index is 0. The maximum atomic E-state index is 13.2. The van der Waals surface area contributed by atoms with Crippen LogP contribution in [0.25, 0.3) is 11.1 Å². The van der Waals surface area contributed by atoms with Gasteiger partial charge in [0.1, 0.15) is 5.78 Å². The molecule has 30 heavy (non-hydrogen) atoms. The molecule has 0 atom stereocenters. The third-order valence-electron chi connectivity index (χ3n) is 6.37. The normalized spacial score (nSPS) is 15.8. The van der Waals surface area contributed by atoms with E-state index in [-0.39, 0.29) is 14.0 Å². The van der Waals surface area contributed by atoms with Crippen molar-refractivity contribution in [2.24, 2.45) is 0 Å². The van der Waals surface area contributed by atoms with Crippen molar-refractivity contribution >= 4 is 5.78 Å². The number of ether oxygens (including phenoxy) is 2. The van der Waals surface area contributed by atoms with Crippen molar-refractivity contribution in [3.63, 3.8) is 0 Å². The molecule has 0 bridgehead atoms. The van der Waals surface area contributed by atoms with Crippen LogP contribution in [0.15, 0.2) is 54.6 Å². The number of carbonyl (C=O) groups is 1. The quantitative estimate of drug-likeness (QED) is 0.552. The number of hydrogen-bond donors (Lipinski definition) is 0. The second-order valence-electron chi connectivity index (χ2n) is 8.24. The number of aryl methyl sites for hydroxylation is 2. The molecule has 0 saturated heterocycles. The SMILES string of the molecule is CCc1ccc(-c2ccc(CC(=O)C3(c4ccc5c(c4)OCO5)CC3)nc2C)cc1.[HH]. The standard InChI is InChI=1S/C26H25NO3.H2/c1-3-18-4-6-19(7-5-18)22-10-9-21(27-17(22)2)15-25(28)26(12-13-26)20-8-11-23-24(14-20)30-16-29-23;/h4-11,14H,3,12-13,15-16H2,1-2H3;1H. The minimum atomic E-state index is -0.398. The van der Waals surface area contributed by atoms with Gasteiger partial charge in [0, 0.05) is 24.8 Å². The summed E-state index contributed by atoms with van der Waals surface area (Å²) in [5.41, 5.74) is 6.02. The molecule has 0 spiro atoms. The smallest absolute Gasteiger partial charge is 0.231 e. The van der Waals surface area contributed by atoms with Crippen molar-refractivity contribution in [1.82, 2.24) is 4.98 Å². The molecule has 1 saturated carbocycles. The molecule has 1 fully saturated rings. The van der Waals surface area contributed by atoms with Gasteiger partial charge in [-0.15, -0.1) is 0 Å². The average molecular weight is 402 g/mol. The average Bonchev–Trinajstić information content (AvgIpc) is 3.45. The first kappa shape index (κ1) is 18.9. The molecule has 3 aromatic rings. The third kappa shape index (κ3) is 3.26. The molecule has 154 valence electrons. The van der Waals surface area contributed by atoms with Crippen LogP contribution in [0.1, 0.15) is 43.7 Å². The molecule has 2 aromatic carbocycles. The number of nitrogens with zero attached hydrogens (tertiary/aromatic N) is 1. The van der Waals surface area contributed by atoms with Crippen LogP contribution in [0.2, 0.25) is 0 Å². The minimum Gasteiger partial charge on any atom is -0.454 e. The van der Waals surface area contributed by atoms with E-state index in [1.807, 2.05) is 31.2 Å². The highest BCUT2D eigenvalue weighted by Gasteiger charge is 2.50. The van der Waals surface area contributed by atoms with Crippen LogP contribution >= 0.6 is 0 Å². The van der Waals surface area contributed by atoms with Crippen LogP contribution in [0.5, 0.6) is 11.5 Å². The molecule has 4 nitrogen and oxygen atoms in total. The van der Waals surface area contributed by atoms with Gasteiger partial charge in [0.05, 0.1) is 5.41 Å². The summed E-state index contributed by atoms with van der Waals surface area (Å²) in [4.78, 5) is 18.0. The number of benzene rings is 2. The Morgan fingerprint density at radius 1 is 1.03 bits per heavy atom. The zero-order valence-electron chi connectivity index (χ0n) is 17.4. The van der Waals surface area contributed by atoms with Crippen LogP contribution in [0.3, 0.4) is 0 Å². The molecular formula is C26H27NO3. The Kier molecular flexibility index (Phi) is 4.58. The van der Waals surface area contributed by atoms with Gasteiger partial charge in [-0.2, -0.15) is 0 Å². The molecular weight excluding hydrogens is 374 g/mol. The monoisotopic (exact) mass is 401 g/mol. The van der Waals surface area contributed by atoms with Crippen molar-refractivity contribution in [3.05, 3.63) is 77.1 Å². The van der Waals surface area contributed by atoms with Crippen molar-refractivity contribution < 1.29 is 15.7 Å². The van der Waals surface area contributed by atoms with Gasteiger partial charge in [-0.3, -0.25) is 9.78 Å². The van der Waals surface area contributed by atoms with E-state index in [9.17, 15) is 4.79 Å². The Bertz CT molecular complexity index is 1120. The number of carbonyl (C=O) groups excluding carboxylic acids is 1. The summed E-state index contributed by atoms with van der Waals surface area (Å²) in [5, 5.41) is 0. The van der Waals surface area contributed by atoms with Crippen LogP contribution < -0.4 is 9.47 Å². The Morgan fingerprint density at radius 3 is 2.50 bits per heavy atom. The molecule has 2 heterocycles. The van der Waals surface area contributed by atoms with E-state index in [2.05, 4.69) is 37.3 Å². The number of Topliss-reactive ketones (excluding diaryl/α,β-unsaturated/α-hetero) is 1. The van der Waals surface area contributed by atoms with Crippen LogP contribution in [-0.2, 0) is 23.1 Å². The van der Waals surface area contributed by atoms with Gasteiger partial charge in [0.2, 0.25) is 6.79 Å². The second kappa shape index (κ2) is 7.28. The maximum absolute atomic E-state index is 13.2. The van der Waals surface area contributed by atoms with E-state index in [1.165, 1.54) is 5.56 Å². The lowest BCUT2D eigenvalue weighted by molar-refractivity contribution is -0.120. The van der Waals surface area contributed by atoms with Crippen LogP contribution in [-0.4, -0.2) is 17.6 Å². The predicted octanol–water partition coefficient (Wildman–Crippen LogP) is 5.44. The molecule has 5 rings (SSSR count). The van der Waals surface area contributed by atoms with Gasteiger partial charge in [-0.25, -0.2) is 0 Å². The van der Waals surface area contributed by atoms with Gasteiger partial charge in [0.25, 0.3) is 0 Å². The highest BCUT2D eigenvalue weighted by atomic mass is 16.7. The van der Waals surface area contributed by atoms with Crippen LogP contribution in [0, 0.1) is 6.92 Å². The second-order valence-corrected chi connectivity index (χ2v) is 8.24. The number of ketones is 1. The molecule has 0 N–H and O–H groups in total. The summed E-state index contributed by atoms with van der Waals surface area (Å²) in [6.45, 7) is 4.42. The first-order chi connectivity index (χ1) is 14.6. The first-order valence-electron chi connectivity index (χ1n) is 10.6. The highest BCUT2D eigenvalue weighted by Crippen LogP contribution is 2.51. The third-order valence-corrected chi connectivity index (χ3v) is 6.37. The largest absolute Gasteiger partial charge is 0.454 e. The number of pyridine rings is 1. The summed E-state index contributed by atoms with van der Waals surface area (Å²) in [6, 6.07) is 18.6. The van der Waals surface area contributed by atoms with Crippen molar-refractivity contribution in [3.8, 4) is 22.6 Å². The zero-order chi connectivity index (χ0) is 20.7. The summed E-state index contributed by atoms with van der Waals surface area (Å²) in [7, 11) is 0. The fourth-order valence-corrected chi connectivity index (χ4v) is 4.32. The van der Waals surface area contributed by atoms with Gasteiger partial charge >= 0.3 is 0 Å². The van der Waals surface area contributed by atoms with Crippen molar-refractivity contribution in [2.45, 2.75) is 44.9 Å². The van der Waals surface area contributed by atoms with Crippen molar-refractivity contribution in [2.75, 3.05) is 6.79 Å². The van der Waals surface area contributed by atoms with E-state index < -0.39 is 5.41 Å². The number of hydrogen-bond acceptors (Lipinski definition) is 4. The summed E-state index contributed by atoms with van der Waals surface area (Å²) in [6.07, 6.45) is 3.15. The predicted molar refractivity (Wildman–Crippen MR) is 118 cm³/mol. The number of aromatic nitrogens is 1. The number of rotatable bonds is 6. The molecule has 1 aliphatic heterocycles. The fourth-order valence-electron chi connectivity index (χ4n) is 4.32. The van der Waals surface area contributed by atoms with Crippen molar-refractivity contribution in [1.29, 1.82) is 0 Å². The van der Waals surface area contributed by atoms with E-state index in [0.29, 0.717) is 6.42 Å². The van der Waals surface area contributed by atoms with Crippen LogP contribution in [0.4, 0.5) is 0 Å². The van der Waals surface area contributed by atoms with E-state index in [0.717, 1.165) is 58.8 Å². The topological polar surface area (TPSA) is 48.4 Å². The Balaban J connectivity index is 0.00000231.